The van der Waals surface area contributed by atoms with E-state index in [1.165, 1.54) is 12.1 Å². The molecule has 1 saturated carbocycles. The van der Waals surface area contributed by atoms with Crippen LogP contribution in [-0.4, -0.2) is 5.91 Å². The molecule has 2 aromatic rings. The molecule has 6 heteroatoms. The van der Waals surface area contributed by atoms with E-state index in [0.29, 0.717) is 6.42 Å². The van der Waals surface area contributed by atoms with Gasteiger partial charge in [0.05, 0.1) is 11.6 Å². The molecule has 2 aromatic carbocycles. The van der Waals surface area contributed by atoms with Crippen LogP contribution in [-0.2, 0) is 11.0 Å². The van der Waals surface area contributed by atoms with Gasteiger partial charge in [-0.15, -0.1) is 0 Å². The maximum absolute atomic E-state index is 12.6. The van der Waals surface area contributed by atoms with Crippen molar-refractivity contribution in [3.05, 3.63) is 69.7 Å². The Balaban J connectivity index is 1.61. The third-order valence-electron chi connectivity index (χ3n) is 4.52. The Labute approximate surface area is 152 Å². The predicted molar refractivity (Wildman–Crippen MR) is 93.0 cm³/mol. The molecule has 0 aromatic heterocycles. The quantitative estimate of drug-likeness (QED) is 0.711. The van der Waals surface area contributed by atoms with Gasteiger partial charge in [0.2, 0.25) is 5.91 Å². The molecule has 2 nitrogen and oxygen atoms in total. The summed E-state index contributed by atoms with van der Waals surface area (Å²) in [6.45, 7) is 1.91. The van der Waals surface area contributed by atoms with Crippen LogP contribution < -0.4 is 5.32 Å². The molecule has 3 rings (SSSR count). The van der Waals surface area contributed by atoms with Crippen LogP contribution in [0.3, 0.4) is 0 Å². The highest BCUT2D eigenvalue weighted by Crippen LogP contribution is 2.48. The van der Waals surface area contributed by atoms with Crippen molar-refractivity contribution >= 4 is 21.8 Å². The summed E-state index contributed by atoms with van der Waals surface area (Å²) in [4.78, 5) is 12.4. The highest BCUT2D eigenvalue weighted by molar-refractivity contribution is 9.10. The first-order chi connectivity index (χ1) is 11.8. The van der Waals surface area contributed by atoms with Crippen molar-refractivity contribution < 1.29 is 18.0 Å². The van der Waals surface area contributed by atoms with E-state index in [-0.39, 0.29) is 23.8 Å². The van der Waals surface area contributed by atoms with Gasteiger partial charge in [0.1, 0.15) is 0 Å². The van der Waals surface area contributed by atoms with E-state index in [1.807, 2.05) is 31.2 Å². The molecule has 0 heterocycles. The molecular weight excluding hydrogens is 395 g/mol. The highest BCUT2D eigenvalue weighted by atomic mass is 79.9. The number of alkyl halides is 3. The smallest absolute Gasteiger partial charge is 0.349 e. The molecule has 0 saturated heterocycles. The lowest BCUT2D eigenvalue weighted by Gasteiger charge is -2.16. The van der Waals surface area contributed by atoms with Gasteiger partial charge in [-0.3, -0.25) is 4.79 Å². The number of hydrogen-bond donors (Lipinski definition) is 1. The van der Waals surface area contributed by atoms with Crippen LogP contribution in [0.4, 0.5) is 13.2 Å². The molecule has 1 aliphatic rings. The lowest BCUT2D eigenvalue weighted by Crippen LogP contribution is -2.28. The van der Waals surface area contributed by atoms with Crippen molar-refractivity contribution in [3.8, 4) is 0 Å². The highest BCUT2D eigenvalue weighted by Gasteiger charge is 2.44. The Morgan fingerprint density at radius 2 is 1.80 bits per heavy atom. The molecule has 3 atom stereocenters. The summed E-state index contributed by atoms with van der Waals surface area (Å²) in [5.74, 6) is -0.247. The molecule has 1 amide bonds. The molecule has 0 aliphatic heterocycles. The summed E-state index contributed by atoms with van der Waals surface area (Å²) in [6, 6.07) is 12.6. The van der Waals surface area contributed by atoms with E-state index in [2.05, 4.69) is 21.2 Å². The fourth-order valence-electron chi connectivity index (χ4n) is 3.00. The van der Waals surface area contributed by atoms with Crippen molar-refractivity contribution in [2.45, 2.75) is 31.5 Å². The number of benzene rings is 2. The maximum atomic E-state index is 12.6. The standard InChI is InChI=1S/C19H17BrF3NO/c1-11(14-4-2-3-5-17(14)20)24-18(25)16-10-15(16)12-6-8-13(9-7-12)19(21,22)23/h2-9,11,15-16H,10H2,1H3,(H,24,25). The zero-order valence-electron chi connectivity index (χ0n) is 13.5. The first-order valence-electron chi connectivity index (χ1n) is 7.99. The van der Waals surface area contributed by atoms with Gasteiger partial charge in [-0.2, -0.15) is 13.2 Å². The number of amides is 1. The second kappa shape index (κ2) is 6.83. The molecular formula is C19H17BrF3NO. The number of hydrogen-bond acceptors (Lipinski definition) is 1. The first-order valence-corrected chi connectivity index (χ1v) is 8.78. The SMILES string of the molecule is CC(NC(=O)C1CC1c1ccc(C(F)(F)F)cc1)c1ccccc1Br. The van der Waals surface area contributed by atoms with Crippen molar-refractivity contribution in [3.63, 3.8) is 0 Å². The summed E-state index contributed by atoms with van der Waals surface area (Å²) in [6.07, 6.45) is -3.67. The van der Waals surface area contributed by atoms with Crippen molar-refractivity contribution in [2.75, 3.05) is 0 Å². The molecule has 0 radical (unpaired) electrons. The van der Waals surface area contributed by atoms with E-state index in [1.54, 1.807) is 0 Å². The van der Waals surface area contributed by atoms with Crippen molar-refractivity contribution in [1.29, 1.82) is 0 Å². The number of carbonyl (C=O) groups is 1. The molecule has 132 valence electrons. The third-order valence-corrected chi connectivity index (χ3v) is 5.25. The average Bonchev–Trinajstić information content (AvgIpc) is 3.35. The van der Waals surface area contributed by atoms with E-state index >= 15 is 0 Å². The van der Waals surface area contributed by atoms with Crippen LogP contribution in [0.2, 0.25) is 0 Å². The second-order valence-corrected chi connectivity index (χ2v) is 7.17. The summed E-state index contributed by atoms with van der Waals surface area (Å²) in [5, 5.41) is 2.99. The normalized spacial score (nSPS) is 20.8. The summed E-state index contributed by atoms with van der Waals surface area (Å²) in [7, 11) is 0. The molecule has 1 fully saturated rings. The lowest BCUT2D eigenvalue weighted by atomic mass is 10.1. The number of rotatable bonds is 4. The molecule has 3 unspecified atom stereocenters. The minimum atomic E-state index is -4.34. The van der Waals surface area contributed by atoms with E-state index in [4.69, 9.17) is 0 Å². The molecule has 0 spiro atoms. The van der Waals surface area contributed by atoms with Crippen LogP contribution in [0, 0.1) is 5.92 Å². The minimum Gasteiger partial charge on any atom is -0.349 e. The van der Waals surface area contributed by atoms with Crippen molar-refractivity contribution in [2.24, 2.45) is 5.92 Å². The number of halogens is 4. The summed E-state index contributed by atoms with van der Waals surface area (Å²) < 4.78 is 38.8. The lowest BCUT2D eigenvalue weighted by molar-refractivity contribution is -0.137. The molecule has 0 bridgehead atoms. The Bertz CT molecular complexity index is 773. The third kappa shape index (κ3) is 4.06. The molecule has 1 N–H and O–H groups in total. The zero-order valence-corrected chi connectivity index (χ0v) is 15.1. The van der Waals surface area contributed by atoms with Gasteiger partial charge in [0, 0.05) is 10.4 Å². The van der Waals surface area contributed by atoms with Crippen LogP contribution in [0.1, 0.15) is 42.0 Å². The largest absolute Gasteiger partial charge is 0.416 e. The Morgan fingerprint density at radius 3 is 2.40 bits per heavy atom. The van der Waals surface area contributed by atoms with Gasteiger partial charge in [-0.1, -0.05) is 46.3 Å². The van der Waals surface area contributed by atoms with Crippen LogP contribution in [0.15, 0.2) is 53.0 Å². The maximum Gasteiger partial charge on any atom is 0.416 e. The van der Waals surface area contributed by atoms with Crippen LogP contribution in [0.5, 0.6) is 0 Å². The van der Waals surface area contributed by atoms with E-state index in [0.717, 1.165) is 27.7 Å². The molecule has 25 heavy (non-hydrogen) atoms. The fourth-order valence-corrected chi connectivity index (χ4v) is 3.63. The zero-order chi connectivity index (χ0) is 18.2. The Kier molecular flexibility index (Phi) is 4.91. The van der Waals surface area contributed by atoms with Gasteiger partial charge in [0.25, 0.3) is 0 Å². The van der Waals surface area contributed by atoms with Gasteiger partial charge >= 0.3 is 6.18 Å². The fraction of sp³-hybridized carbons (Fsp3) is 0.316. The summed E-state index contributed by atoms with van der Waals surface area (Å²) >= 11 is 3.47. The Hall–Kier alpha value is -1.82. The van der Waals surface area contributed by atoms with Crippen LogP contribution >= 0.6 is 15.9 Å². The number of nitrogens with one attached hydrogen (secondary N) is 1. The van der Waals surface area contributed by atoms with E-state index in [9.17, 15) is 18.0 Å². The number of carbonyl (C=O) groups excluding carboxylic acids is 1. The summed E-state index contributed by atoms with van der Waals surface area (Å²) in [5.41, 5.74) is 1.10. The van der Waals surface area contributed by atoms with Gasteiger partial charge in [-0.05, 0) is 48.6 Å². The minimum absolute atomic E-state index is 0.00584. The Morgan fingerprint density at radius 1 is 1.16 bits per heavy atom. The molecule has 1 aliphatic carbocycles. The average molecular weight is 412 g/mol. The monoisotopic (exact) mass is 411 g/mol. The topological polar surface area (TPSA) is 29.1 Å². The second-order valence-electron chi connectivity index (χ2n) is 6.32. The van der Waals surface area contributed by atoms with Crippen molar-refractivity contribution in [1.82, 2.24) is 5.32 Å². The van der Waals surface area contributed by atoms with Gasteiger partial charge in [0.15, 0.2) is 0 Å². The van der Waals surface area contributed by atoms with Gasteiger partial charge in [-0.25, -0.2) is 0 Å². The predicted octanol–water partition coefficient (Wildman–Crippen LogP) is 5.45. The van der Waals surface area contributed by atoms with Gasteiger partial charge < -0.3 is 5.32 Å². The van der Waals surface area contributed by atoms with E-state index < -0.39 is 11.7 Å². The van der Waals surface area contributed by atoms with Crippen LogP contribution in [0.25, 0.3) is 0 Å². The first kappa shape index (κ1) is 18.0.